The van der Waals surface area contributed by atoms with Crippen molar-refractivity contribution in [1.29, 1.82) is 0 Å². The lowest BCUT2D eigenvalue weighted by atomic mass is 9.80. The molecule has 1 heterocycles. The molecule has 0 radical (unpaired) electrons. The Morgan fingerprint density at radius 2 is 1.55 bits per heavy atom. The van der Waals surface area contributed by atoms with Gasteiger partial charge >= 0.3 is 6.29 Å². The van der Waals surface area contributed by atoms with E-state index in [4.69, 9.17) is 0 Å². The number of Topliss-reactive ketones (excluding diaryl/α,β-unsaturated/α-hetero) is 3. The maximum Gasteiger partial charge on any atom is 0.586 e. The third-order valence-electron chi connectivity index (χ3n) is 9.62. The topological polar surface area (TPSA) is 128 Å². The molecule has 11 heteroatoms. The average molecular weight is 617 g/mol. The molecular formula is C33H42F2N2O7. The summed E-state index contributed by atoms with van der Waals surface area (Å²) in [7, 11) is 0. The molecule has 44 heavy (non-hydrogen) atoms. The Morgan fingerprint density at radius 3 is 2.23 bits per heavy atom. The first-order chi connectivity index (χ1) is 21.1. The summed E-state index contributed by atoms with van der Waals surface area (Å²) in [6, 6.07) is 2.49. The van der Waals surface area contributed by atoms with Crippen molar-refractivity contribution in [1.82, 2.24) is 10.6 Å². The minimum atomic E-state index is -3.82. The highest BCUT2D eigenvalue weighted by molar-refractivity contribution is 6.38. The number of carbonyl (C=O) groups is 5. The first-order valence-electron chi connectivity index (χ1n) is 16.2. The van der Waals surface area contributed by atoms with E-state index in [-0.39, 0.29) is 47.6 Å². The minimum absolute atomic E-state index is 0.0204. The number of hydrogen-bond donors (Lipinski definition) is 2. The first kappa shape index (κ1) is 32.0. The summed E-state index contributed by atoms with van der Waals surface area (Å²) in [5.41, 5.74) is 0.0996. The number of amides is 2. The van der Waals surface area contributed by atoms with Gasteiger partial charge in [0.25, 0.3) is 5.91 Å². The summed E-state index contributed by atoms with van der Waals surface area (Å²) in [5.74, 6) is -3.94. The Morgan fingerprint density at radius 1 is 0.864 bits per heavy atom. The van der Waals surface area contributed by atoms with E-state index in [1.54, 1.807) is 0 Å². The van der Waals surface area contributed by atoms with Crippen LogP contribution in [0.4, 0.5) is 8.78 Å². The predicted octanol–water partition coefficient (Wildman–Crippen LogP) is 5.43. The predicted molar refractivity (Wildman–Crippen MR) is 155 cm³/mol. The van der Waals surface area contributed by atoms with Crippen LogP contribution in [0.2, 0.25) is 0 Å². The summed E-state index contributed by atoms with van der Waals surface area (Å²) in [5, 5.41) is 5.61. The minimum Gasteiger partial charge on any atom is -0.395 e. The van der Waals surface area contributed by atoms with Crippen LogP contribution in [0.5, 0.6) is 11.5 Å². The zero-order chi connectivity index (χ0) is 31.3. The van der Waals surface area contributed by atoms with E-state index in [1.165, 1.54) is 18.2 Å². The molecule has 240 valence electrons. The van der Waals surface area contributed by atoms with Gasteiger partial charge in [-0.3, -0.25) is 24.0 Å². The molecular weight excluding hydrogens is 574 g/mol. The lowest BCUT2D eigenvalue weighted by molar-refractivity contribution is -0.286. The Labute approximate surface area is 256 Å². The number of nitrogens with one attached hydrogen (secondary N) is 2. The molecule has 1 aromatic carbocycles. The number of ether oxygens (including phenoxy) is 2. The van der Waals surface area contributed by atoms with Crippen molar-refractivity contribution in [3.63, 3.8) is 0 Å². The first-order valence-corrected chi connectivity index (χ1v) is 16.2. The normalized spacial score (nSPS) is 23.1. The largest absolute Gasteiger partial charge is 0.586 e. The molecule has 3 aliphatic carbocycles. The maximum atomic E-state index is 13.9. The average Bonchev–Trinajstić information content (AvgIpc) is 3.56. The Hall–Kier alpha value is -3.37. The fourth-order valence-electron chi connectivity index (χ4n) is 7.18. The molecule has 2 N–H and O–H groups in total. The quantitative estimate of drug-likeness (QED) is 0.237. The number of hydrogen-bond acceptors (Lipinski definition) is 7. The standard InChI is InChI=1S/C33H42F2N2O7/c34-33(35)43-28-15-14-22(19-29(28)44-33)27(39)18-23(16-20-8-3-1-4-9-20)31(41)37-25(17-21-10-7-13-26(21)38)30(40)32(42)36-24-11-5-2-6-12-24/h14-15,19-21,23-25H,1-13,16-18H2,(H,36,42)(H,37,41)/t21-,23+,25-/m0/s1. The molecule has 0 saturated heterocycles. The highest BCUT2D eigenvalue weighted by Crippen LogP contribution is 2.41. The maximum absolute atomic E-state index is 13.9. The number of carbonyl (C=O) groups excluding carboxylic acids is 5. The summed E-state index contributed by atoms with van der Waals surface area (Å²) in [6.45, 7) is 0. The van der Waals surface area contributed by atoms with Crippen molar-refractivity contribution in [3.05, 3.63) is 23.8 Å². The van der Waals surface area contributed by atoms with Crippen LogP contribution in [0.3, 0.4) is 0 Å². The van der Waals surface area contributed by atoms with E-state index in [0.29, 0.717) is 25.7 Å². The summed E-state index contributed by atoms with van der Waals surface area (Å²) < 4.78 is 36.0. The lowest BCUT2D eigenvalue weighted by Gasteiger charge is -2.28. The number of fused-ring (bicyclic) bond motifs is 1. The molecule has 1 aromatic rings. The van der Waals surface area contributed by atoms with Gasteiger partial charge in [-0.25, -0.2) is 0 Å². The molecule has 0 unspecified atom stereocenters. The van der Waals surface area contributed by atoms with Crippen molar-refractivity contribution in [2.45, 2.75) is 121 Å². The smallest absolute Gasteiger partial charge is 0.395 e. The van der Waals surface area contributed by atoms with E-state index in [0.717, 1.165) is 64.2 Å². The van der Waals surface area contributed by atoms with Crippen LogP contribution in [0, 0.1) is 17.8 Å². The van der Waals surface area contributed by atoms with E-state index >= 15 is 0 Å². The van der Waals surface area contributed by atoms with Gasteiger partial charge in [-0.1, -0.05) is 51.4 Å². The van der Waals surface area contributed by atoms with Crippen LogP contribution in [0.1, 0.15) is 113 Å². The zero-order valence-corrected chi connectivity index (χ0v) is 25.0. The van der Waals surface area contributed by atoms with Gasteiger partial charge in [0.05, 0.1) is 6.04 Å². The molecule has 3 saturated carbocycles. The van der Waals surface area contributed by atoms with Crippen LogP contribution in [-0.2, 0) is 19.2 Å². The fraction of sp³-hybridized carbons (Fsp3) is 0.667. The van der Waals surface area contributed by atoms with Crippen LogP contribution < -0.4 is 20.1 Å². The van der Waals surface area contributed by atoms with Gasteiger partial charge < -0.3 is 20.1 Å². The lowest BCUT2D eigenvalue weighted by Crippen LogP contribution is -2.52. The second kappa shape index (κ2) is 14.2. The second-order valence-electron chi connectivity index (χ2n) is 12.9. The number of alkyl halides is 2. The van der Waals surface area contributed by atoms with Crippen molar-refractivity contribution >= 4 is 29.2 Å². The summed E-state index contributed by atoms with van der Waals surface area (Å²) in [6.07, 6.45) is 7.73. The second-order valence-corrected chi connectivity index (χ2v) is 12.9. The number of rotatable bonds is 12. The summed E-state index contributed by atoms with van der Waals surface area (Å²) in [4.78, 5) is 66.3. The molecule has 0 spiro atoms. The Bertz CT molecular complexity index is 1260. The number of benzene rings is 1. The van der Waals surface area contributed by atoms with Crippen molar-refractivity contribution < 1.29 is 42.2 Å². The van der Waals surface area contributed by atoms with Gasteiger partial charge in [0, 0.05) is 36.3 Å². The van der Waals surface area contributed by atoms with Gasteiger partial charge in [-0.15, -0.1) is 8.78 Å². The molecule has 0 bridgehead atoms. The van der Waals surface area contributed by atoms with Crippen molar-refractivity contribution in [2.75, 3.05) is 0 Å². The molecule has 3 fully saturated rings. The zero-order valence-electron chi connectivity index (χ0n) is 25.0. The third kappa shape index (κ3) is 8.21. The fourth-order valence-corrected chi connectivity index (χ4v) is 7.18. The molecule has 4 aliphatic rings. The van der Waals surface area contributed by atoms with Crippen LogP contribution in [0.25, 0.3) is 0 Å². The van der Waals surface area contributed by atoms with Gasteiger partial charge in [0.2, 0.25) is 11.7 Å². The summed E-state index contributed by atoms with van der Waals surface area (Å²) >= 11 is 0. The van der Waals surface area contributed by atoms with Gasteiger partial charge in [0.15, 0.2) is 17.3 Å². The molecule has 2 amide bonds. The van der Waals surface area contributed by atoms with Gasteiger partial charge in [-0.2, -0.15) is 0 Å². The van der Waals surface area contributed by atoms with Crippen LogP contribution in [0.15, 0.2) is 18.2 Å². The van der Waals surface area contributed by atoms with E-state index in [1.807, 2.05) is 0 Å². The van der Waals surface area contributed by atoms with Crippen LogP contribution in [-0.4, -0.2) is 47.5 Å². The molecule has 3 atom stereocenters. The number of ketones is 3. The van der Waals surface area contributed by atoms with Crippen molar-refractivity contribution in [3.8, 4) is 11.5 Å². The highest BCUT2D eigenvalue weighted by Gasteiger charge is 2.44. The van der Waals surface area contributed by atoms with E-state index in [9.17, 15) is 32.8 Å². The highest BCUT2D eigenvalue weighted by atomic mass is 19.3. The molecule has 1 aliphatic heterocycles. The monoisotopic (exact) mass is 616 g/mol. The van der Waals surface area contributed by atoms with Crippen LogP contribution >= 0.6 is 0 Å². The Balaban J connectivity index is 1.32. The molecule has 5 rings (SSSR count). The van der Waals surface area contributed by atoms with Gasteiger partial charge in [-0.05, 0) is 62.6 Å². The van der Waals surface area contributed by atoms with Crippen molar-refractivity contribution in [2.24, 2.45) is 17.8 Å². The van der Waals surface area contributed by atoms with E-state index in [2.05, 4.69) is 20.1 Å². The molecule has 0 aromatic heterocycles. The van der Waals surface area contributed by atoms with Gasteiger partial charge in [0.1, 0.15) is 5.78 Å². The molecule has 9 nitrogen and oxygen atoms in total. The van der Waals surface area contributed by atoms with E-state index < -0.39 is 47.6 Å². The number of halogens is 2. The Kier molecular flexibility index (Phi) is 10.3. The third-order valence-corrected chi connectivity index (χ3v) is 9.62. The SMILES string of the molecule is O=C(NC1CCCCC1)C(=O)[C@H](C[C@@H]1CCCC1=O)NC(=O)[C@@H](CC(=O)c1ccc2c(c1)OC(F)(F)O2)CC1CCCCC1.